The molecule has 8 heteroatoms. The molecule has 1 saturated heterocycles. The Labute approximate surface area is 183 Å². The summed E-state index contributed by atoms with van der Waals surface area (Å²) < 4.78 is 7.01. The number of carbonyl (C=O) groups excluding carboxylic acids is 1. The van der Waals surface area contributed by atoms with Crippen LogP contribution in [0.3, 0.4) is 0 Å². The molecule has 1 aliphatic rings. The van der Waals surface area contributed by atoms with Crippen molar-refractivity contribution in [2.24, 2.45) is 0 Å². The van der Waals surface area contributed by atoms with Gasteiger partial charge < -0.3 is 9.64 Å². The Hall–Kier alpha value is -2.16. The van der Waals surface area contributed by atoms with Crippen molar-refractivity contribution in [3.05, 3.63) is 51.1 Å². The number of hydrogen-bond donors (Lipinski definition) is 0. The van der Waals surface area contributed by atoms with Crippen molar-refractivity contribution < 1.29 is 9.53 Å². The van der Waals surface area contributed by atoms with Gasteiger partial charge in [0.05, 0.1) is 24.3 Å². The molecule has 0 bridgehead atoms. The Bertz CT molecular complexity index is 1100. The molecule has 30 heavy (non-hydrogen) atoms. The molecule has 0 spiro atoms. The summed E-state index contributed by atoms with van der Waals surface area (Å²) in [6.45, 7) is 6.60. The second kappa shape index (κ2) is 9.32. The zero-order chi connectivity index (χ0) is 21.1. The first-order valence-corrected chi connectivity index (χ1v) is 11.9. The molecule has 0 aliphatic carbocycles. The molecule has 2 aromatic heterocycles. The number of fused-ring (bicyclic) bond motifs is 1. The van der Waals surface area contributed by atoms with Gasteiger partial charge in [-0.1, -0.05) is 30.0 Å². The summed E-state index contributed by atoms with van der Waals surface area (Å²) in [5.41, 5.74) is 1.79. The number of benzene rings is 1. The third kappa shape index (κ3) is 4.31. The van der Waals surface area contributed by atoms with Gasteiger partial charge in [-0.15, -0.1) is 11.3 Å². The topological polar surface area (TPSA) is 64.4 Å². The minimum atomic E-state index is -0.0278. The van der Waals surface area contributed by atoms with Crippen molar-refractivity contribution in [2.45, 2.75) is 31.8 Å². The summed E-state index contributed by atoms with van der Waals surface area (Å²) >= 11 is 3.10. The van der Waals surface area contributed by atoms with Crippen LogP contribution in [0.5, 0.6) is 0 Å². The van der Waals surface area contributed by atoms with Crippen molar-refractivity contribution in [1.82, 2.24) is 14.5 Å². The summed E-state index contributed by atoms with van der Waals surface area (Å²) in [4.78, 5) is 34.3. The minimum absolute atomic E-state index is 0.0278. The lowest BCUT2D eigenvalue weighted by molar-refractivity contribution is -0.135. The third-order valence-corrected chi connectivity index (χ3v) is 7.44. The first-order valence-electron chi connectivity index (χ1n) is 10.1. The molecule has 6 nitrogen and oxygen atoms in total. The van der Waals surface area contributed by atoms with E-state index in [1.54, 1.807) is 15.9 Å². The second-order valence-electron chi connectivity index (χ2n) is 7.28. The fourth-order valence-electron chi connectivity index (χ4n) is 3.53. The number of aromatic nitrogens is 2. The molecule has 0 saturated carbocycles. The number of carbonyl (C=O) groups is 1. The van der Waals surface area contributed by atoms with Gasteiger partial charge >= 0.3 is 0 Å². The maximum atomic E-state index is 13.4. The van der Waals surface area contributed by atoms with Crippen molar-refractivity contribution in [2.75, 3.05) is 32.1 Å². The molecule has 0 unspecified atom stereocenters. The molecule has 1 aliphatic heterocycles. The van der Waals surface area contributed by atoms with E-state index in [1.807, 2.05) is 49.1 Å². The molecule has 1 aromatic carbocycles. The largest absolute Gasteiger partial charge is 0.378 e. The fourth-order valence-corrected chi connectivity index (χ4v) is 5.56. The summed E-state index contributed by atoms with van der Waals surface area (Å²) in [5.74, 6) is 0.900. The number of thioether (sulfide) groups is 1. The number of aryl methyl sites for hydroxylation is 2. The predicted molar refractivity (Wildman–Crippen MR) is 122 cm³/mol. The zero-order valence-electron chi connectivity index (χ0n) is 17.2. The zero-order valence-corrected chi connectivity index (χ0v) is 18.9. The SMILES string of the molecule is Cc1sc2nc(SCCCC(=O)N3CCOCC3)n(-c3ccccc3)c(=O)c2c1C. The number of amides is 1. The predicted octanol–water partition coefficient (Wildman–Crippen LogP) is 3.80. The Morgan fingerprint density at radius 2 is 1.93 bits per heavy atom. The van der Waals surface area contributed by atoms with E-state index in [1.165, 1.54) is 11.8 Å². The smallest absolute Gasteiger partial charge is 0.267 e. The maximum Gasteiger partial charge on any atom is 0.267 e. The number of para-hydroxylation sites is 1. The summed E-state index contributed by atoms with van der Waals surface area (Å²) in [7, 11) is 0. The second-order valence-corrected chi connectivity index (χ2v) is 9.54. The van der Waals surface area contributed by atoms with Crippen LogP contribution in [0.1, 0.15) is 23.3 Å². The van der Waals surface area contributed by atoms with Gasteiger partial charge in [0.2, 0.25) is 5.91 Å². The van der Waals surface area contributed by atoms with Crippen LogP contribution in [0, 0.1) is 13.8 Å². The van der Waals surface area contributed by atoms with Gasteiger partial charge in [0.25, 0.3) is 5.56 Å². The molecule has 158 valence electrons. The van der Waals surface area contributed by atoms with E-state index in [0.29, 0.717) is 43.3 Å². The average Bonchev–Trinajstić information content (AvgIpc) is 3.06. The lowest BCUT2D eigenvalue weighted by Gasteiger charge is -2.26. The number of rotatable bonds is 6. The van der Waals surface area contributed by atoms with Gasteiger partial charge in [0.15, 0.2) is 5.16 Å². The molecular formula is C22H25N3O3S2. The highest BCUT2D eigenvalue weighted by molar-refractivity contribution is 7.99. The van der Waals surface area contributed by atoms with Gasteiger partial charge in [-0.25, -0.2) is 4.98 Å². The summed E-state index contributed by atoms with van der Waals surface area (Å²) in [5, 5.41) is 1.38. The standard InChI is InChI=1S/C22H25N3O3S2/c1-15-16(2)30-20-19(15)21(27)25(17-7-4-3-5-8-17)22(23-20)29-14-6-9-18(26)24-10-12-28-13-11-24/h3-5,7-8H,6,9-14H2,1-2H3. The van der Waals surface area contributed by atoms with Crippen LogP contribution in [0.15, 0.2) is 40.3 Å². The van der Waals surface area contributed by atoms with Crippen molar-refractivity contribution in [3.63, 3.8) is 0 Å². The molecule has 0 radical (unpaired) electrons. The number of hydrogen-bond acceptors (Lipinski definition) is 6. The Kier molecular flexibility index (Phi) is 6.55. The Morgan fingerprint density at radius 1 is 1.20 bits per heavy atom. The van der Waals surface area contributed by atoms with E-state index in [2.05, 4.69) is 0 Å². The van der Waals surface area contributed by atoms with Crippen molar-refractivity contribution in [3.8, 4) is 5.69 Å². The molecule has 1 amide bonds. The van der Waals surface area contributed by atoms with Gasteiger partial charge in [-0.05, 0) is 38.0 Å². The van der Waals surface area contributed by atoms with Crippen LogP contribution >= 0.6 is 23.1 Å². The molecule has 3 aromatic rings. The first kappa shape index (κ1) is 21.1. The van der Waals surface area contributed by atoms with Crippen LogP contribution in [0.4, 0.5) is 0 Å². The summed E-state index contributed by atoms with van der Waals surface area (Å²) in [6, 6.07) is 9.63. The lowest BCUT2D eigenvalue weighted by Crippen LogP contribution is -2.40. The van der Waals surface area contributed by atoms with E-state index in [4.69, 9.17) is 9.72 Å². The van der Waals surface area contributed by atoms with E-state index >= 15 is 0 Å². The van der Waals surface area contributed by atoms with E-state index in [-0.39, 0.29) is 11.5 Å². The van der Waals surface area contributed by atoms with Crippen molar-refractivity contribution in [1.29, 1.82) is 0 Å². The van der Waals surface area contributed by atoms with Crippen LogP contribution in [-0.2, 0) is 9.53 Å². The van der Waals surface area contributed by atoms with E-state index in [9.17, 15) is 9.59 Å². The Balaban J connectivity index is 1.55. The molecule has 0 N–H and O–H groups in total. The van der Waals surface area contributed by atoms with Crippen LogP contribution < -0.4 is 5.56 Å². The highest BCUT2D eigenvalue weighted by Gasteiger charge is 2.19. The van der Waals surface area contributed by atoms with Crippen LogP contribution in [0.2, 0.25) is 0 Å². The number of morpholine rings is 1. The Morgan fingerprint density at radius 3 is 2.67 bits per heavy atom. The highest BCUT2D eigenvalue weighted by atomic mass is 32.2. The molecule has 0 atom stereocenters. The van der Waals surface area contributed by atoms with Crippen molar-refractivity contribution >= 4 is 39.2 Å². The third-order valence-electron chi connectivity index (χ3n) is 5.32. The van der Waals surface area contributed by atoms with Crippen LogP contribution in [0.25, 0.3) is 15.9 Å². The normalized spacial score (nSPS) is 14.4. The number of nitrogens with zero attached hydrogens (tertiary/aromatic N) is 3. The minimum Gasteiger partial charge on any atom is -0.378 e. The van der Waals surface area contributed by atoms with Gasteiger partial charge in [0.1, 0.15) is 4.83 Å². The van der Waals surface area contributed by atoms with Gasteiger partial charge in [-0.3, -0.25) is 14.2 Å². The molecule has 3 heterocycles. The van der Waals surface area contributed by atoms with Gasteiger partial charge in [0, 0.05) is 30.1 Å². The molecule has 1 fully saturated rings. The summed E-state index contributed by atoms with van der Waals surface area (Å²) in [6.07, 6.45) is 1.24. The average molecular weight is 444 g/mol. The first-order chi connectivity index (χ1) is 14.6. The maximum absolute atomic E-state index is 13.4. The molecule has 4 rings (SSSR count). The van der Waals surface area contributed by atoms with E-state index < -0.39 is 0 Å². The van der Waals surface area contributed by atoms with Gasteiger partial charge in [-0.2, -0.15) is 0 Å². The number of thiophene rings is 1. The van der Waals surface area contributed by atoms with Crippen LogP contribution in [-0.4, -0.2) is 52.4 Å². The highest BCUT2D eigenvalue weighted by Crippen LogP contribution is 2.29. The quantitative estimate of drug-likeness (QED) is 0.329. The molecular weight excluding hydrogens is 418 g/mol. The monoisotopic (exact) mass is 443 g/mol. The lowest BCUT2D eigenvalue weighted by atomic mass is 10.2. The fraction of sp³-hybridized carbons (Fsp3) is 0.409. The van der Waals surface area contributed by atoms with E-state index in [0.717, 1.165) is 33.1 Å². The number of ether oxygens (including phenoxy) is 1.